The van der Waals surface area contributed by atoms with Gasteiger partial charge in [0.1, 0.15) is 4.21 Å². The highest BCUT2D eigenvalue weighted by atomic mass is 35.5. The molecule has 0 spiro atoms. The molecule has 0 aliphatic rings. The van der Waals surface area contributed by atoms with E-state index in [0.717, 1.165) is 16.9 Å². The molecule has 0 saturated carbocycles. The van der Waals surface area contributed by atoms with Crippen LogP contribution in [0, 0.1) is 0 Å². The Morgan fingerprint density at radius 1 is 1.19 bits per heavy atom. The van der Waals surface area contributed by atoms with Crippen LogP contribution in [0.2, 0.25) is 5.02 Å². The molecule has 21 heavy (non-hydrogen) atoms. The fourth-order valence-electron chi connectivity index (χ4n) is 1.74. The summed E-state index contributed by atoms with van der Waals surface area (Å²) < 4.78 is 50.6. The molecule has 0 amide bonds. The quantitative estimate of drug-likeness (QED) is 0.741. The van der Waals surface area contributed by atoms with Crippen LogP contribution in [0.3, 0.4) is 0 Å². The van der Waals surface area contributed by atoms with Crippen LogP contribution in [0.4, 0.5) is 8.78 Å². The molecule has 0 fully saturated rings. The van der Waals surface area contributed by atoms with Gasteiger partial charge < -0.3 is 0 Å². The number of alkyl halides is 2. The first kappa shape index (κ1) is 16.4. The molecule has 0 aliphatic carbocycles. The van der Waals surface area contributed by atoms with Crippen molar-refractivity contribution in [2.24, 2.45) is 0 Å². The molecule has 0 aliphatic heterocycles. The smallest absolute Gasteiger partial charge is 0.206 e. The predicted molar refractivity (Wildman–Crippen MR) is 79.4 cm³/mol. The van der Waals surface area contributed by atoms with Crippen molar-refractivity contribution >= 4 is 33.0 Å². The second-order valence-corrected chi connectivity index (χ2v) is 7.70. The van der Waals surface area contributed by atoms with Gasteiger partial charge in [-0.1, -0.05) is 29.8 Å². The Kier molecular flexibility index (Phi) is 5.32. The lowest BCUT2D eigenvalue weighted by Crippen LogP contribution is -2.36. The van der Waals surface area contributed by atoms with Gasteiger partial charge in [0.15, 0.2) is 0 Å². The third-order valence-corrected chi connectivity index (χ3v) is 6.25. The molecule has 0 bridgehead atoms. The Balaban J connectivity index is 2.15. The predicted octanol–water partition coefficient (Wildman–Crippen LogP) is 3.86. The van der Waals surface area contributed by atoms with Gasteiger partial charge in [0, 0.05) is 11.6 Å². The number of sulfonamides is 1. The first-order chi connectivity index (χ1) is 9.91. The molecule has 0 N–H and O–H groups in total. The summed E-state index contributed by atoms with van der Waals surface area (Å²) in [5.41, 5.74) is 0.742. The van der Waals surface area contributed by atoms with E-state index in [1.807, 2.05) is 0 Å². The fourth-order valence-corrected chi connectivity index (χ4v) is 4.28. The molecule has 1 heterocycles. The number of rotatable bonds is 6. The van der Waals surface area contributed by atoms with E-state index in [9.17, 15) is 17.2 Å². The van der Waals surface area contributed by atoms with Crippen molar-refractivity contribution in [2.75, 3.05) is 6.54 Å². The molecular formula is C13H12ClF2NO2S2. The van der Waals surface area contributed by atoms with Crippen molar-refractivity contribution in [3.63, 3.8) is 0 Å². The van der Waals surface area contributed by atoms with Crippen molar-refractivity contribution in [2.45, 2.75) is 17.2 Å². The number of nitrogens with zero attached hydrogens (tertiary/aromatic N) is 1. The summed E-state index contributed by atoms with van der Waals surface area (Å²) in [6.07, 6.45) is 0.187. The first-order valence-corrected chi connectivity index (χ1v) is 8.69. The molecule has 2 rings (SSSR count). The fraction of sp³-hybridized carbons (Fsp3) is 0.231. The zero-order valence-electron chi connectivity index (χ0n) is 10.7. The maximum Gasteiger partial charge on any atom is 0.307 e. The van der Waals surface area contributed by atoms with Crippen molar-refractivity contribution in [1.82, 2.24) is 4.31 Å². The Labute approximate surface area is 130 Å². The average Bonchev–Trinajstić information content (AvgIpc) is 2.95. The van der Waals surface area contributed by atoms with Gasteiger partial charge in [-0.25, -0.2) is 8.42 Å². The topological polar surface area (TPSA) is 37.4 Å². The molecule has 3 nitrogen and oxygen atoms in total. The summed E-state index contributed by atoms with van der Waals surface area (Å²) in [4.78, 5) is 0. The van der Waals surface area contributed by atoms with Crippen molar-refractivity contribution in [3.05, 3.63) is 52.4 Å². The minimum atomic E-state index is -4.16. The highest BCUT2D eigenvalue weighted by Crippen LogP contribution is 2.24. The Morgan fingerprint density at radius 2 is 1.86 bits per heavy atom. The molecule has 1 aromatic carbocycles. The summed E-state index contributed by atoms with van der Waals surface area (Å²) in [6, 6.07) is 9.47. The van der Waals surface area contributed by atoms with Crippen molar-refractivity contribution in [1.29, 1.82) is 0 Å². The van der Waals surface area contributed by atoms with E-state index in [-0.39, 0.29) is 21.5 Å². The average molecular weight is 352 g/mol. The van der Waals surface area contributed by atoms with Crippen LogP contribution in [0.1, 0.15) is 5.56 Å². The SMILES string of the molecule is O=S(=O)(c1cccs1)N(CCc1ccc(Cl)cc1)C(F)F. The minimum absolute atomic E-state index is 0.0843. The largest absolute Gasteiger partial charge is 0.307 e. The third-order valence-electron chi connectivity index (χ3n) is 2.81. The number of thiophene rings is 1. The molecule has 0 saturated heterocycles. The molecule has 0 atom stereocenters. The normalized spacial score (nSPS) is 12.2. The Hall–Kier alpha value is -1.02. The number of hydrogen-bond donors (Lipinski definition) is 0. The van der Waals surface area contributed by atoms with Gasteiger partial charge in [0.05, 0.1) is 0 Å². The molecule has 0 unspecified atom stereocenters. The maximum absolute atomic E-state index is 13.1. The summed E-state index contributed by atoms with van der Waals surface area (Å²) in [5, 5.41) is 2.08. The van der Waals surface area contributed by atoms with E-state index in [4.69, 9.17) is 11.6 Å². The lowest BCUT2D eigenvalue weighted by molar-refractivity contribution is 0.0321. The van der Waals surface area contributed by atoms with Crippen LogP contribution in [-0.2, 0) is 16.4 Å². The van der Waals surface area contributed by atoms with Crippen LogP contribution in [0.25, 0.3) is 0 Å². The second kappa shape index (κ2) is 6.83. The van der Waals surface area contributed by atoms with E-state index in [2.05, 4.69) is 0 Å². The van der Waals surface area contributed by atoms with E-state index in [1.165, 1.54) is 17.5 Å². The lowest BCUT2D eigenvalue weighted by Gasteiger charge is -2.20. The van der Waals surface area contributed by atoms with Gasteiger partial charge in [-0.2, -0.15) is 8.78 Å². The highest BCUT2D eigenvalue weighted by Gasteiger charge is 2.31. The van der Waals surface area contributed by atoms with Crippen molar-refractivity contribution < 1.29 is 17.2 Å². The van der Waals surface area contributed by atoms with Gasteiger partial charge in [-0.15, -0.1) is 15.6 Å². The molecule has 0 radical (unpaired) electrons. The van der Waals surface area contributed by atoms with Crippen molar-refractivity contribution in [3.8, 4) is 0 Å². The Bertz CT molecular complexity index is 673. The third kappa shape index (κ3) is 4.00. The number of halogens is 3. The van der Waals surface area contributed by atoms with Gasteiger partial charge in [-0.05, 0) is 35.6 Å². The standard InChI is InChI=1S/C13H12ClF2NO2S2/c14-11-5-3-10(4-6-11)7-8-17(13(15)16)21(18,19)12-2-1-9-20-12/h1-6,9,13H,7-8H2. The van der Waals surface area contributed by atoms with E-state index in [1.54, 1.807) is 24.3 Å². The van der Waals surface area contributed by atoms with Crippen LogP contribution in [-0.4, -0.2) is 25.8 Å². The second-order valence-electron chi connectivity index (χ2n) is 4.20. The first-order valence-electron chi connectivity index (χ1n) is 5.99. The van der Waals surface area contributed by atoms with Gasteiger partial charge >= 0.3 is 6.55 Å². The zero-order valence-corrected chi connectivity index (χ0v) is 13.1. The van der Waals surface area contributed by atoms with Gasteiger partial charge in [0.2, 0.25) is 0 Å². The molecule has 114 valence electrons. The van der Waals surface area contributed by atoms with E-state index >= 15 is 0 Å². The van der Waals surface area contributed by atoms with Gasteiger partial charge in [-0.3, -0.25) is 0 Å². The van der Waals surface area contributed by atoms with Crippen LogP contribution in [0.15, 0.2) is 46.0 Å². The summed E-state index contributed by atoms with van der Waals surface area (Å²) >= 11 is 6.66. The monoisotopic (exact) mass is 351 g/mol. The molecule has 1 aromatic heterocycles. The van der Waals surface area contributed by atoms with Crippen LogP contribution in [0.5, 0.6) is 0 Å². The highest BCUT2D eigenvalue weighted by molar-refractivity contribution is 7.91. The van der Waals surface area contributed by atoms with Crippen LogP contribution < -0.4 is 0 Å². The maximum atomic E-state index is 13.1. The lowest BCUT2D eigenvalue weighted by atomic mass is 10.1. The zero-order chi connectivity index (χ0) is 15.5. The summed E-state index contributed by atoms with van der Waals surface area (Å²) in [7, 11) is -4.16. The summed E-state index contributed by atoms with van der Waals surface area (Å²) in [5.74, 6) is 0. The minimum Gasteiger partial charge on any atom is -0.206 e. The number of hydrogen-bond acceptors (Lipinski definition) is 3. The summed E-state index contributed by atoms with van der Waals surface area (Å²) in [6.45, 7) is -3.37. The molecule has 2 aromatic rings. The number of benzene rings is 1. The van der Waals surface area contributed by atoms with E-state index in [0.29, 0.717) is 5.02 Å². The Morgan fingerprint density at radius 3 is 2.38 bits per heavy atom. The molecular weight excluding hydrogens is 340 g/mol. The van der Waals surface area contributed by atoms with Gasteiger partial charge in [0.25, 0.3) is 10.0 Å². The van der Waals surface area contributed by atoms with E-state index < -0.39 is 16.6 Å². The molecule has 8 heteroatoms. The van der Waals surface area contributed by atoms with Crippen LogP contribution >= 0.6 is 22.9 Å².